The second-order valence-electron chi connectivity index (χ2n) is 5.49. The monoisotopic (exact) mass is 339 g/mol. The van der Waals surface area contributed by atoms with E-state index in [1.807, 2.05) is 6.92 Å². The van der Waals surface area contributed by atoms with E-state index in [-0.39, 0.29) is 17.4 Å². The molecule has 0 fully saturated rings. The summed E-state index contributed by atoms with van der Waals surface area (Å²) in [6, 6.07) is 8.30. The number of aryl methyl sites for hydroxylation is 1. The van der Waals surface area contributed by atoms with Crippen LogP contribution in [0, 0.1) is 10.1 Å². The molecule has 0 saturated carbocycles. The number of pyridine rings is 1. The van der Waals surface area contributed by atoms with E-state index < -0.39 is 4.92 Å². The number of hydrogen-bond donors (Lipinski definition) is 1. The average molecular weight is 339 g/mol. The first-order valence-electron chi connectivity index (χ1n) is 7.79. The molecule has 128 valence electrons. The van der Waals surface area contributed by atoms with E-state index in [9.17, 15) is 10.1 Å². The highest BCUT2D eigenvalue weighted by atomic mass is 16.6. The third-order valence-electron chi connectivity index (χ3n) is 3.79. The van der Waals surface area contributed by atoms with Gasteiger partial charge in [0.1, 0.15) is 5.52 Å². The van der Waals surface area contributed by atoms with Crippen molar-refractivity contribution in [2.24, 2.45) is 0 Å². The molecule has 2 heterocycles. The van der Waals surface area contributed by atoms with Crippen molar-refractivity contribution < 1.29 is 9.66 Å². The van der Waals surface area contributed by atoms with Crippen molar-refractivity contribution in [2.75, 3.05) is 12.8 Å². The van der Waals surface area contributed by atoms with E-state index in [1.165, 1.54) is 13.2 Å². The number of hydrogen-bond acceptors (Lipinski definition) is 7. The molecule has 0 bridgehead atoms. The number of anilines is 1. The predicted octanol–water partition coefficient (Wildman–Crippen LogP) is 3.14. The van der Waals surface area contributed by atoms with Gasteiger partial charge < -0.3 is 10.5 Å². The molecule has 0 aliphatic carbocycles. The highest BCUT2D eigenvalue weighted by molar-refractivity contribution is 5.81. The van der Waals surface area contributed by atoms with Crippen LogP contribution in [0.2, 0.25) is 0 Å². The van der Waals surface area contributed by atoms with Crippen LogP contribution in [0.15, 0.2) is 30.3 Å². The third-order valence-corrected chi connectivity index (χ3v) is 3.79. The average Bonchev–Trinajstić information content (AvgIpc) is 2.61. The molecule has 0 aliphatic rings. The highest BCUT2D eigenvalue weighted by Crippen LogP contribution is 2.32. The summed E-state index contributed by atoms with van der Waals surface area (Å²) in [7, 11) is 1.40. The maximum atomic E-state index is 11.2. The molecule has 25 heavy (non-hydrogen) atoms. The second kappa shape index (κ2) is 6.68. The molecule has 0 atom stereocenters. The summed E-state index contributed by atoms with van der Waals surface area (Å²) in [5, 5.41) is 11.2. The topological polar surface area (TPSA) is 117 Å². The molecular weight excluding hydrogens is 322 g/mol. The van der Waals surface area contributed by atoms with Crippen LogP contribution in [0.1, 0.15) is 19.0 Å². The molecular formula is C17H17N5O3. The Morgan fingerprint density at radius 3 is 2.68 bits per heavy atom. The SMILES string of the molecule is CCCc1nc(N)nc2ccc(-c3ccc(OC)c([N+](=O)[O-])c3)nc12. The van der Waals surface area contributed by atoms with E-state index in [0.29, 0.717) is 22.3 Å². The van der Waals surface area contributed by atoms with Crippen molar-refractivity contribution in [2.45, 2.75) is 19.8 Å². The van der Waals surface area contributed by atoms with Gasteiger partial charge in [0.05, 0.1) is 28.9 Å². The number of nitrogen functional groups attached to an aromatic ring is 1. The van der Waals surface area contributed by atoms with Gasteiger partial charge in [-0.1, -0.05) is 13.3 Å². The molecule has 0 saturated heterocycles. The molecule has 0 radical (unpaired) electrons. The molecule has 0 aliphatic heterocycles. The molecule has 2 N–H and O–H groups in total. The zero-order valence-electron chi connectivity index (χ0n) is 13.9. The number of nitrogens with two attached hydrogens (primary N) is 1. The van der Waals surface area contributed by atoms with Crippen molar-refractivity contribution in [1.29, 1.82) is 0 Å². The van der Waals surface area contributed by atoms with Gasteiger partial charge in [-0.05, 0) is 30.7 Å². The van der Waals surface area contributed by atoms with Crippen LogP contribution >= 0.6 is 0 Å². The zero-order chi connectivity index (χ0) is 18.0. The zero-order valence-corrected chi connectivity index (χ0v) is 13.9. The van der Waals surface area contributed by atoms with Crippen molar-refractivity contribution in [3.05, 3.63) is 46.1 Å². The lowest BCUT2D eigenvalue weighted by Gasteiger charge is -2.08. The molecule has 0 unspecified atom stereocenters. The fourth-order valence-corrected chi connectivity index (χ4v) is 2.66. The van der Waals surface area contributed by atoms with Crippen LogP contribution in [-0.4, -0.2) is 27.0 Å². The summed E-state index contributed by atoms with van der Waals surface area (Å²) in [6.07, 6.45) is 1.62. The van der Waals surface area contributed by atoms with Gasteiger partial charge in [-0.2, -0.15) is 0 Å². The van der Waals surface area contributed by atoms with E-state index >= 15 is 0 Å². The predicted molar refractivity (Wildman–Crippen MR) is 94.4 cm³/mol. The van der Waals surface area contributed by atoms with Crippen molar-refractivity contribution in [3.8, 4) is 17.0 Å². The van der Waals surface area contributed by atoms with E-state index in [4.69, 9.17) is 10.5 Å². The molecule has 2 aromatic heterocycles. The molecule has 1 aromatic carbocycles. The number of nitrogens with zero attached hydrogens (tertiary/aromatic N) is 4. The molecule has 3 rings (SSSR count). The summed E-state index contributed by atoms with van der Waals surface area (Å²) in [6.45, 7) is 2.04. The quantitative estimate of drug-likeness (QED) is 0.560. The molecule has 8 heteroatoms. The lowest BCUT2D eigenvalue weighted by Crippen LogP contribution is -2.02. The minimum absolute atomic E-state index is 0.107. The Labute approximate surface area is 143 Å². The van der Waals surface area contributed by atoms with Gasteiger partial charge in [0.15, 0.2) is 5.75 Å². The smallest absolute Gasteiger partial charge is 0.311 e. The van der Waals surface area contributed by atoms with Gasteiger partial charge in [0, 0.05) is 11.6 Å². The Bertz CT molecular complexity index is 958. The number of rotatable bonds is 5. The minimum atomic E-state index is -0.476. The highest BCUT2D eigenvalue weighted by Gasteiger charge is 2.17. The lowest BCUT2D eigenvalue weighted by molar-refractivity contribution is -0.385. The van der Waals surface area contributed by atoms with Crippen LogP contribution in [-0.2, 0) is 6.42 Å². The van der Waals surface area contributed by atoms with Gasteiger partial charge in [0.25, 0.3) is 0 Å². The first-order chi connectivity index (χ1) is 12.0. The van der Waals surface area contributed by atoms with E-state index in [2.05, 4.69) is 15.0 Å². The molecule has 8 nitrogen and oxygen atoms in total. The Morgan fingerprint density at radius 2 is 2.00 bits per heavy atom. The fraction of sp³-hybridized carbons (Fsp3) is 0.235. The number of methoxy groups -OCH3 is 1. The number of fused-ring (bicyclic) bond motifs is 1. The molecule has 0 spiro atoms. The first-order valence-corrected chi connectivity index (χ1v) is 7.79. The number of nitro groups is 1. The van der Waals surface area contributed by atoms with Gasteiger partial charge in [-0.15, -0.1) is 0 Å². The summed E-state index contributed by atoms with van der Waals surface area (Å²) in [4.78, 5) is 23.8. The van der Waals surface area contributed by atoms with E-state index in [1.54, 1.807) is 24.3 Å². The summed E-state index contributed by atoms with van der Waals surface area (Å²) >= 11 is 0. The number of benzene rings is 1. The van der Waals surface area contributed by atoms with Crippen molar-refractivity contribution in [1.82, 2.24) is 15.0 Å². The Kier molecular flexibility index (Phi) is 4.42. The summed E-state index contributed by atoms with van der Waals surface area (Å²) in [5.41, 5.74) is 8.95. The number of ether oxygens (including phenoxy) is 1. The van der Waals surface area contributed by atoms with Gasteiger partial charge in [-0.3, -0.25) is 10.1 Å². The van der Waals surface area contributed by atoms with Crippen molar-refractivity contribution in [3.63, 3.8) is 0 Å². The van der Waals surface area contributed by atoms with Crippen LogP contribution in [0.25, 0.3) is 22.3 Å². The Balaban J connectivity index is 2.16. The lowest BCUT2D eigenvalue weighted by atomic mass is 10.1. The van der Waals surface area contributed by atoms with Crippen LogP contribution in [0.4, 0.5) is 11.6 Å². The summed E-state index contributed by atoms with van der Waals surface area (Å²) < 4.78 is 5.04. The molecule has 3 aromatic rings. The largest absolute Gasteiger partial charge is 0.490 e. The van der Waals surface area contributed by atoms with Crippen LogP contribution < -0.4 is 10.5 Å². The van der Waals surface area contributed by atoms with Gasteiger partial charge in [-0.25, -0.2) is 15.0 Å². The normalized spacial score (nSPS) is 10.8. The van der Waals surface area contributed by atoms with Crippen LogP contribution in [0.3, 0.4) is 0 Å². The van der Waals surface area contributed by atoms with Gasteiger partial charge >= 0.3 is 5.69 Å². The minimum Gasteiger partial charge on any atom is -0.490 e. The standard InChI is InChI=1S/C17H17N5O3/c1-3-4-12-16-13(21-17(18)20-12)7-6-11(19-16)10-5-8-15(25-2)14(9-10)22(23)24/h5-9H,3-4H2,1-2H3,(H2,18,20,21). The maximum Gasteiger partial charge on any atom is 0.311 e. The third kappa shape index (κ3) is 3.18. The summed E-state index contributed by atoms with van der Waals surface area (Å²) in [5.74, 6) is 0.419. The Morgan fingerprint density at radius 1 is 1.20 bits per heavy atom. The number of nitro benzene ring substituents is 1. The maximum absolute atomic E-state index is 11.2. The van der Waals surface area contributed by atoms with Crippen molar-refractivity contribution >= 4 is 22.7 Å². The first kappa shape index (κ1) is 16.6. The number of aromatic nitrogens is 3. The van der Waals surface area contributed by atoms with Gasteiger partial charge in [0.2, 0.25) is 5.95 Å². The van der Waals surface area contributed by atoms with E-state index in [0.717, 1.165) is 18.5 Å². The second-order valence-corrected chi connectivity index (χ2v) is 5.49. The Hall–Kier alpha value is -3.29. The molecule has 0 amide bonds. The fourth-order valence-electron chi connectivity index (χ4n) is 2.66. The van der Waals surface area contributed by atoms with Crippen LogP contribution in [0.5, 0.6) is 5.75 Å².